The lowest BCUT2D eigenvalue weighted by Crippen LogP contribution is -2.48. The number of rotatable bonds is 4. The van der Waals surface area contributed by atoms with Crippen LogP contribution < -0.4 is 0 Å². The van der Waals surface area contributed by atoms with Gasteiger partial charge in [-0.15, -0.1) is 0 Å². The van der Waals surface area contributed by atoms with E-state index in [2.05, 4.69) is 29.1 Å². The molecule has 7 heteroatoms. The van der Waals surface area contributed by atoms with E-state index < -0.39 is 5.97 Å². The molecule has 0 atom stereocenters. The number of carboxylic acids is 1. The van der Waals surface area contributed by atoms with Gasteiger partial charge in [0, 0.05) is 39.8 Å². The summed E-state index contributed by atoms with van der Waals surface area (Å²) < 4.78 is 1.34. The lowest BCUT2D eigenvalue weighted by Gasteiger charge is -2.35. The first-order chi connectivity index (χ1) is 12.0. The summed E-state index contributed by atoms with van der Waals surface area (Å²) >= 11 is 0. The molecule has 1 fully saturated rings. The average Bonchev–Trinajstić information content (AvgIpc) is 2.99. The van der Waals surface area contributed by atoms with Crippen LogP contribution in [0.3, 0.4) is 0 Å². The average molecular weight is 342 g/mol. The second kappa shape index (κ2) is 7.06. The Labute approximate surface area is 146 Å². The minimum atomic E-state index is -1.13. The largest absolute Gasteiger partial charge is 0.478 e. The van der Waals surface area contributed by atoms with Crippen LogP contribution >= 0.6 is 0 Å². The van der Waals surface area contributed by atoms with E-state index in [1.807, 2.05) is 12.1 Å². The van der Waals surface area contributed by atoms with Gasteiger partial charge < -0.3 is 10.0 Å². The van der Waals surface area contributed by atoms with Crippen molar-refractivity contribution in [3.8, 4) is 0 Å². The smallest absolute Gasteiger partial charge is 0.339 e. The molecule has 25 heavy (non-hydrogen) atoms. The van der Waals surface area contributed by atoms with Crippen LogP contribution in [0.2, 0.25) is 0 Å². The number of amides is 1. The van der Waals surface area contributed by atoms with Crippen molar-refractivity contribution in [2.24, 2.45) is 7.05 Å². The van der Waals surface area contributed by atoms with Gasteiger partial charge in [-0.1, -0.05) is 24.3 Å². The zero-order chi connectivity index (χ0) is 18.0. The number of aromatic carboxylic acids is 1. The van der Waals surface area contributed by atoms with Gasteiger partial charge in [0.25, 0.3) is 5.91 Å². The highest BCUT2D eigenvalue weighted by molar-refractivity contribution is 6.03. The Morgan fingerprint density at radius 3 is 2.48 bits per heavy atom. The van der Waals surface area contributed by atoms with E-state index in [4.69, 9.17) is 0 Å². The van der Waals surface area contributed by atoms with E-state index >= 15 is 0 Å². The van der Waals surface area contributed by atoms with E-state index in [-0.39, 0.29) is 17.2 Å². The summed E-state index contributed by atoms with van der Waals surface area (Å²) in [6.07, 6.45) is 1.23. The van der Waals surface area contributed by atoms with Crippen molar-refractivity contribution in [3.05, 3.63) is 52.8 Å². The number of carboxylic acid groups (broad SMARTS) is 1. The van der Waals surface area contributed by atoms with E-state index in [0.29, 0.717) is 13.1 Å². The third-order valence-corrected chi connectivity index (χ3v) is 4.69. The number of aryl methyl sites for hydroxylation is 2. The molecule has 1 N–H and O–H groups in total. The van der Waals surface area contributed by atoms with E-state index in [0.717, 1.165) is 19.6 Å². The Bertz CT molecular complexity index is 791. The maximum Gasteiger partial charge on any atom is 0.339 e. The molecule has 7 nitrogen and oxygen atoms in total. The molecule has 0 saturated carbocycles. The molecule has 0 aliphatic carbocycles. The van der Waals surface area contributed by atoms with Crippen molar-refractivity contribution in [2.75, 3.05) is 26.2 Å². The molecule has 1 aliphatic rings. The van der Waals surface area contributed by atoms with Gasteiger partial charge in [0.15, 0.2) is 0 Å². The van der Waals surface area contributed by atoms with Crippen LogP contribution in [0.1, 0.15) is 32.0 Å². The lowest BCUT2D eigenvalue weighted by molar-refractivity contribution is 0.0599. The number of benzene rings is 1. The van der Waals surface area contributed by atoms with Crippen molar-refractivity contribution < 1.29 is 14.7 Å². The highest BCUT2D eigenvalue weighted by Gasteiger charge is 2.28. The molecule has 3 rings (SSSR count). The number of carbonyl (C=O) groups is 2. The maximum atomic E-state index is 12.7. The van der Waals surface area contributed by atoms with Crippen LogP contribution in [0, 0.1) is 6.92 Å². The third-order valence-electron chi connectivity index (χ3n) is 4.69. The Kier molecular flexibility index (Phi) is 4.85. The van der Waals surface area contributed by atoms with E-state index in [1.165, 1.54) is 22.0 Å². The van der Waals surface area contributed by atoms with Crippen molar-refractivity contribution in [1.82, 2.24) is 19.6 Å². The summed E-state index contributed by atoms with van der Waals surface area (Å²) in [5.74, 6) is -1.40. The van der Waals surface area contributed by atoms with Crippen LogP contribution in [0.4, 0.5) is 0 Å². The lowest BCUT2D eigenvalue weighted by atomic mass is 10.1. The summed E-state index contributed by atoms with van der Waals surface area (Å²) in [6.45, 7) is 5.65. The molecule has 2 heterocycles. The van der Waals surface area contributed by atoms with E-state index in [1.54, 1.807) is 11.9 Å². The molecule has 1 aromatic heterocycles. The molecule has 1 aromatic carbocycles. The highest BCUT2D eigenvalue weighted by Crippen LogP contribution is 2.16. The summed E-state index contributed by atoms with van der Waals surface area (Å²) in [7, 11) is 1.59. The van der Waals surface area contributed by atoms with Crippen LogP contribution in [-0.2, 0) is 13.6 Å². The molecule has 0 spiro atoms. The fourth-order valence-electron chi connectivity index (χ4n) is 3.13. The normalized spacial score (nSPS) is 15.4. The van der Waals surface area contributed by atoms with Gasteiger partial charge in [-0.05, 0) is 18.1 Å². The second-order valence-electron chi connectivity index (χ2n) is 6.33. The van der Waals surface area contributed by atoms with Gasteiger partial charge in [-0.25, -0.2) is 4.79 Å². The molecule has 2 aromatic rings. The number of hydrogen-bond acceptors (Lipinski definition) is 4. The van der Waals surface area contributed by atoms with Gasteiger partial charge in [0.05, 0.1) is 6.20 Å². The third kappa shape index (κ3) is 3.56. The minimum absolute atomic E-state index is 0.0464. The number of hydrogen-bond donors (Lipinski definition) is 1. The molecule has 0 unspecified atom stereocenters. The van der Waals surface area contributed by atoms with Gasteiger partial charge in [-0.2, -0.15) is 5.10 Å². The first-order valence-electron chi connectivity index (χ1n) is 8.29. The number of carbonyl (C=O) groups excluding carboxylic acids is 1. The van der Waals surface area contributed by atoms with E-state index in [9.17, 15) is 14.7 Å². The first-order valence-corrected chi connectivity index (χ1v) is 8.29. The zero-order valence-corrected chi connectivity index (χ0v) is 14.5. The van der Waals surface area contributed by atoms with Crippen LogP contribution in [0.15, 0.2) is 30.5 Å². The Morgan fingerprint density at radius 1 is 1.16 bits per heavy atom. The summed E-state index contributed by atoms with van der Waals surface area (Å²) in [5, 5.41) is 13.1. The quantitative estimate of drug-likeness (QED) is 0.908. The highest BCUT2D eigenvalue weighted by atomic mass is 16.4. The van der Waals surface area contributed by atoms with Crippen molar-refractivity contribution >= 4 is 11.9 Å². The fraction of sp³-hybridized carbons (Fsp3) is 0.389. The first kappa shape index (κ1) is 17.2. The molecule has 0 radical (unpaired) electrons. The monoisotopic (exact) mass is 342 g/mol. The van der Waals surface area contributed by atoms with Crippen molar-refractivity contribution in [1.29, 1.82) is 0 Å². The van der Waals surface area contributed by atoms with Gasteiger partial charge in [-0.3, -0.25) is 14.4 Å². The molecule has 1 saturated heterocycles. The van der Waals surface area contributed by atoms with Gasteiger partial charge in [0.2, 0.25) is 0 Å². The SMILES string of the molecule is Cc1ccccc1CN1CCN(C(=O)c2c(C(=O)O)cnn2C)CC1. The van der Waals surface area contributed by atoms with Gasteiger partial charge in [0.1, 0.15) is 11.3 Å². The molecular weight excluding hydrogens is 320 g/mol. The Hall–Kier alpha value is -2.67. The number of aromatic nitrogens is 2. The Balaban J connectivity index is 1.65. The predicted octanol–water partition coefficient (Wildman–Crippen LogP) is 1.38. The number of piperazine rings is 1. The molecular formula is C18H22N4O3. The van der Waals surface area contributed by atoms with Gasteiger partial charge >= 0.3 is 5.97 Å². The van der Waals surface area contributed by atoms with Crippen LogP contribution in [-0.4, -0.2) is 62.7 Å². The summed E-state index contributed by atoms with van der Waals surface area (Å²) in [5.41, 5.74) is 2.65. The number of nitrogens with zero attached hydrogens (tertiary/aromatic N) is 4. The molecule has 132 valence electrons. The predicted molar refractivity (Wildman–Crippen MR) is 92.5 cm³/mol. The molecule has 1 aliphatic heterocycles. The zero-order valence-electron chi connectivity index (χ0n) is 14.5. The molecule has 0 bridgehead atoms. The topological polar surface area (TPSA) is 78.7 Å². The van der Waals surface area contributed by atoms with Crippen LogP contribution in [0.25, 0.3) is 0 Å². The van der Waals surface area contributed by atoms with Crippen molar-refractivity contribution in [2.45, 2.75) is 13.5 Å². The fourth-order valence-corrected chi connectivity index (χ4v) is 3.13. The summed E-state index contributed by atoms with van der Waals surface area (Å²) in [6, 6.07) is 8.30. The molecule has 1 amide bonds. The van der Waals surface area contributed by atoms with Crippen molar-refractivity contribution in [3.63, 3.8) is 0 Å². The second-order valence-corrected chi connectivity index (χ2v) is 6.33. The summed E-state index contributed by atoms with van der Waals surface area (Å²) in [4.78, 5) is 28.0. The van der Waals surface area contributed by atoms with Crippen LogP contribution in [0.5, 0.6) is 0 Å². The Morgan fingerprint density at radius 2 is 1.84 bits per heavy atom. The maximum absolute atomic E-state index is 12.7. The standard InChI is InChI=1S/C18H22N4O3/c1-13-5-3-4-6-14(13)12-21-7-9-22(10-8-21)17(23)16-15(18(24)25)11-19-20(16)2/h3-6,11H,7-10,12H2,1-2H3,(H,24,25). The minimum Gasteiger partial charge on any atom is -0.478 e.